The maximum Gasteiger partial charge on any atom is 0.235 e. The number of isocyanates is 1. The first-order valence-corrected chi connectivity index (χ1v) is 3.25. The summed E-state index contributed by atoms with van der Waals surface area (Å²) in [6, 6.07) is 3.52. The topological polar surface area (TPSA) is 49.7 Å². The Morgan fingerprint density at radius 1 is 1.58 bits per heavy atom. The van der Waals surface area contributed by atoms with E-state index >= 15 is 0 Å². The Hall–Kier alpha value is -1.67. The molecule has 0 spiro atoms. The molecule has 0 fully saturated rings. The highest BCUT2D eigenvalue weighted by atomic mass is 19.1. The molecule has 4 heteroatoms. The molecule has 0 aliphatic carbocycles. The zero-order valence-electron chi connectivity index (χ0n) is 6.12. The summed E-state index contributed by atoms with van der Waals surface area (Å²) in [6.45, 7) is 0.0234. The summed E-state index contributed by atoms with van der Waals surface area (Å²) >= 11 is 0. The normalized spacial score (nSPS) is 9.08. The lowest BCUT2D eigenvalue weighted by Crippen LogP contribution is -1.83. The van der Waals surface area contributed by atoms with Gasteiger partial charge in [0.1, 0.15) is 11.6 Å². The van der Waals surface area contributed by atoms with Gasteiger partial charge < -0.3 is 5.11 Å². The third-order valence-corrected chi connectivity index (χ3v) is 1.36. The lowest BCUT2D eigenvalue weighted by Gasteiger charge is -1.98. The molecule has 0 radical (unpaired) electrons. The van der Waals surface area contributed by atoms with Gasteiger partial charge in [0, 0.05) is 11.6 Å². The van der Waals surface area contributed by atoms with Gasteiger partial charge in [-0.3, -0.25) is 0 Å². The number of rotatable bonds is 2. The fourth-order valence-electron chi connectivity index (χ4n) is 0.788. The van der Waals surface area contributed by atoms with E-state index in [1.54, 1.807) is 0 Å². The maximum atomic E-state index is 12.4. The van der Waals surface area contributed by atoms with E-state index in [0.717, 1.165) is 6.07 Å². The molecule has 0 amide bonds. The Morgan fingerprint density at radius 3 is 2.92 bits per heavy atom. The first kappa shape index (κ1) is 8.43. The third-order valence-electron chi connectivity index (χ3n) is 1.36. The van der Waals surface area contributed by atoms with E-state index in [1.165, 1.54) is 18.2 Å². The van der Waals surface area contributed by atoms with Crippen molar-refractivity contribution in [2.24, 2.45) is 4.99 Å². The number of aliphatic imine (C=N–C) groups is 1. The molecular weight excluding hydrogens is 161 g/mol. The molecule has 0 bridgehead atoms. The van der Waals surface area contributed by atoms with Crippen LogP contribution < -0.4 is 0 Å². The van der Waals surface area contributed by atoms with E-state index in [4.69, 9.17) is 5.11 Å². The highest BCUT2D eigenvalue weighted by Gasteiger charge is 2.00. The summed E-state index contributed by atoms with van der Waals surface area (Å²) in [5.74, 6) is -0.722. The summed E-state index contributed by atoms with van der Waals surface area (Å²) in [7, 11) is 0. The Bertz CT molecular complexity index is 332. The second kappa shape index (κ2) is 3.64. The summed E-state index contributed by atoms with van der Waals surface area (Å²) in [5, 5.41) is 9.09. The molecule has 0 aliphatic rings. The number of phenolic OH excluding ortho intramolecular Hbond substituents is 1. The van der Waals surface area contributed by atoms with Gasteiger partial charge in [-0.1, -0.05) is 6.07 Å². The van der Waals surface area contributed by atoms with Crippen molar-refractivity contribution in [1.29, 1.82) is 0 Å². The van der Waals surface area contributed by atoms with E-state index < -0.39 is 5.82 Å². The number of carbonyl (C=O) groups excluding carboxylic acids is 1. The predicted octanol–water partition coefficient (Wildman–Crippen LogP) is 1.37. The lowest BCUT2D eigenvalue weighted by atomic mass is 10.2. The van der Waals surface area contributed by atoms with Crippen LogP contribution in [0.4, 0.5) is 4.39 Å². The molecular formula is C8H6FNO2. The summed E-state index contributed by atoms with van der Waals surface area (Å²) < 4.78 is 12.4. The van der Waals surface area contributed by atoms with E-state index in [1.807, 2.05) is 0 Å². The van der Waals surface area contributed by atoms with Crippen molar-refractivity contribution in [2.45, 2.75) is 6.54 Å². The number of aromatic hydroxyl groups is 1. The molecule has 0 saturated heterocycles. The monoisotopic (exact) mass is 167 g/mol. The fraction of sp³-hybridized carbons (Fsp3) is 0.125. The SMILES string of the molecule is O=C=NCc1ccc(F)cc1O. The van der Waals surface area contributed by atoms with Gasteiger partial charge in [-0.05, 0) is 6.07 Å². The number of phenols is 1. The second-order valence-electron chi connectivity index (χ2n) is 2.18. The Balaban J connectivity index is 2.93. The van der Waals surface area contributed by atoms with Crippen LogP contribution in [0.3, 0.4) is 0 Å². The zero-order chi connectivity index (χ0) is 8.97. The molecule has 3 nitrogen and oxygen atoms in total. The minimum absolute atomic E-state index is 0.0234. The average molecular weight is 167 g/mol. The van der Waals surface area contributed by atoms with E-state index in [-0.39, 0.29) is 12.3 Å². The van der Waals surface area contributed by atoms with Crippen LogP contribution in [0.5, 0.6) is 5.75 Å². The van der Waals surface area contributed by atoms with Crippen LogP contribution in [-0.4, -0.2) is 11.2 Å². The van der Waals surface area contributed by atoms with E-state index in [2.05, 4.69) is 4.99 Å². The highest BCUT2D eigenvalue weighted by Crippen LogP contribution is 2.18. The summed E-state index contributed by atoms with van der Waals surface area (Å²) in [4.78, 5) is 13.0. The van der Waals surface area contributed by atoms with Gasteiger partial charge in [0.05, 0.1) is 6.54 Å². The van der Waals surface area contributed by atoms with Crippen LogP contribution in [0.2, 0.25) is 0 Å². The smallest absolute Gasteiger partial charge is 0.235 e. The van der Waals surface area contributed by atoms with E-state index in [0.29, 0.717) is 5.56 Å². The molecule has 0 unspecified atom stereocenters. The number of hydrogen-bond donors (Lipinski definition) is 1. The van der Waals surface area contributed by atoms with Crippen molar-refractivity contribution >= 4 is 6.08 Å². The van der Waals surface area contributed by atoms with Crippen LogP contribution >= 0.6 is 0 Å². The minimum atomic E-state index is -0.522. The molecule has 0 saturated carbocycles. The second-order valence-corrected chi connectivity index (χ2v) is 2.18. The molecule has 1 aromatic carbocycles. The lowest BCUT2D eigenvalue weighted by molar-refractivity contribution is 0.462. The van der Waals surface area contributed by atoms with Gasteiger partial charge in [0.15, 0.2) is 0 Å². The minimum Gasteiger partial charge on any atom is -0.507 e. The van der Waals surface area contributed by atoms with Crippen LogP contribution in [0.1, 0.15) is 5.56 Å². The Labute approximate surface area is 68.2 Å². The molecule has 1 rings (SSSR count). The molecule has 1 aromatic rings. The van der Waals surface area contributed by atoms with Crippen LogP contribution in [0.25, 0.3) is 0 Å². The third kappa shape index (κ3) is 1.90. The van der Waals surface area contributed by atoms with E-state index in [9.17, 15) is 9.18 Å². The van der Waals surface area contributed by atoms with Gasteiger partial charge in [0.2, 0.25) is 6.08 Å². The molecule has 62 valence electrons. The van der Waals surface area contributed by atoms with Crippen molar-refractivity contribution in [3.05, 3.63) is 29.6 Å². The van der Waals surface area contributed by atoms with Crippen molar-refractivity contribution in [3.8, 4) is 5.75 Å². The Kier molecular flexibility index (Phi) is 2.56. The van der Waals surface area contributed by atoms with Crippen LogP contribution in [0.15, 0.2) is 23.2 Å². The number of hydrogen-bond acceptors (Lipinski definition) is 3. The maximum absolute atomic E-state index is 12.4. The van der Waals surface area contributed by atoms with Gasteiger partial charge in [-0.25, -0.2) is 14.2 Å². The first-order valence-electron chi connectivity index (χ1n) is 3.25. The van der Waals surface area contributed by atoms with Gasteiger partial charge in [-0.15, -0.1) is 0 Å². The number of benzene rings is 1. The van der Waals surface area contributed by atoms with Crippen LogP contribution in [0, 0.1) is 5.82 Å². The molecule has 1 N–H and O–H groups in total. The van der Waals surface area contributed by atoms with Crippen molar-refractivity contribution in [3.63, 3.8) is 0 Å². The molecule has 0 aliphatic heterocycles. The van der Waals surface area contributed by atoms with Crippen molar-refractivity contribution in [1.82, 2.24) is 0 Å². The molecule has 0 atom stereocenters. The number of nitrogens with zero attached hydrogens (tertiary/aromatic N) is 1. The zero-order valence-corrected chi connectivity index (χ0v) is 6.12. The van der Waals surface area contributed by atoms with Crippen molar-refractivity contribution < 1.29 is 14.3 Å². The molecule has 12 heavy (non-hydrogen) atoms. The fourth-order valence-corrected chi connectivity index (χ4v) is 0.788. The summed E-state index contributed by atoms with van der Waals surface area (Å²) in [6.07, 6.45) is 1.33. The summed E-state index contributed by atoms with van der Waals surface area (Å²) in [5.41, 5.74) is 0.403. The molecule has 0 aromatic heterocycles. The average Bonchev–Trinajstić information content (AvgIpc) is 2.03. The number of halogens is 1. The van der Waals surface area contributed by atoms with Gasteiger partial charge in [-0.2, -0.15) is 0 Å². The molecule has 0 heterocycles. The Morgan fingerprint density at radius 2 is 2.33 bits per heavy atom. The largest absolute Gasteiger partial charge is 0.507 e. The quantitative estimate of drug-likeness (QED) is 0.534. The van der Waals surface area contributed by atoms with Crippen LogP contribution in [-0.2, 0) is 11.3 Å². The van der Waals surface area contributed by atoms with Gasteiger partial charge in [0.25, 0.3) is 0 Å². The van der Waals surface area contributed by atoms with Crippen molar-refractivity contribution in [2.75, 3.05) is 0 Å². The standard InChI is InChI=1S/C8H6FNO2/c9-7-2-1-6(4-10-5-11)8(12)3-7/h1-3,12H,4H2. The van der Waals surface area contributed by atoms with Gasteiger partial charge >= 0.3 is 0 Å². The highest BCUT2D eigenvalue weighted by molar-refractivity contribution is 5.37. The predicted molar refractivity (Wildman–Crippen MR) is 39.9 cm³/mol. The first-order chi connectivity index (χ1) is 5.74.